The molecular weight excluding hydrogens is 523 g/mol. The van der Waals surface area contributed by atoms with Crippen LogP contribution in [0.3, 0.4) is 0 Å². The summed E-state index contributed by atoms with van der Waals surface area (Å²) in [6.07, 6.45) is 1.47. The molecule has 40 heavy (non-hydrogen) atoms. The molecule has 0 unspecified atom stereocenters. The van der Waals surface area contributed by atoms with Crippen LogP contribution in [0.25, 0.3) is 22.8 Å². The van der Waals surface area contributed by atoms with Crippen LogP contribution < -0.4 is 9.47 Å². The molecule has 0 atom stereocenters. The zero-order chi connectivity index (χ0) is 28.7. The van der Waals surface area contributed by atoms with E-state index in [9.17, 15) is 18.4 Å². The maximum absolute atomic E-state index is 13.1. The van der Waals surface area contributed by atoms with Gasteiger partial charge >= 0.3 is 6.18 Å². The molecule has 0 amide bonds. The van der Waals surface area contributed by atoms with E-state index in [0.29, 0.717) is 28.4 Å². The Morgan fingerprint density at radius 2 is 1.77 bits per heavy atom. The molecule has 9 nitrogen and oxygen atoms in total. The number of hydrogen-bond acceptors (Lipinski definition) is 8. The summed E-state index contributed by atoms with van der Waals surface area (Å²) in [5, 5.41) is 9.78. The van der Waals surface area contributed by atoms with Crippen molar-refractivity contribution >= 4 is 0 Å². The van der Waals surface area contributed by atoms with Crippen molar-refractivity contribution in [2.24, 2.45) is 7.05 Å². The second-order valence-corrected chi connectivity index (χ2v) is 10.1. The summed E-state index contributed by atoms with van der Waals surface area (Å²) in [6.45, 7) is 3.59. The van der Waals surface area contributed by atoms with E-state index in [4.69, 9.17) is 9.47 Å². The zero-order valence-corrected chi connectivity index (χ0v) is 22.3. The number of nitrogens with zero attached hydrogens (tertiary/aromatic N) is 7. The van der Waals surface area contributed by atoms with Gasteiger partial charge in [-0.1, -0.05) is 24.3 Å². The van der Waals surface area contributed by atoms with E-state index in [2.05, 4.69) is 31.0 Å². The molecule has 3 heterocycles. The Bertz CT molecular complexity index is 1590. The van der Waals surface area contributed by atoms with Gasteiger partial charge in [0.25, 0.3) is 0 Å². The second kappa shape index (κ2) is 10.2. The average molecular weight is 550 g/mol. The topological polar surface area (TPSA) is 112 Å². The Kier molecular flexibility index (Phi) is 6.91. The number of halogens is 3. The highest BCUT2D eigenvalue weighted by atomic mass is 19.4. The van der Waals surface area contributed by atoms with E-state index in [0.717, 1.165) is 30.3 Å². The number of benzene rings is 1. The molecule has 0 bridgehead atoms. The van der Waals surface area contributed by atoms with Crippen molar-refractivity contribution in [3.8, 4) is 40.6 Å². The predicted molar refractivity (Wildman–Crippen MR) is 138 cm³/mol. The lowest BCUT2D eigenvalue weighted by Crippen LogP contribution is -2.18. The second-order valence-electron chi connectivity index (χ2n) is 10.1. The first kappa shape index (κ1) is 27.1. The van der Waals surface area contributed by atoms with Crippen molar-refractivity contribution in [3.63, 3.8) is 0 Å². The van der Waals surface area contributed by atoms with Gasteiger partial charge < -0.3 is 14.0 Å². The molecule has 3 aromatic heterocycles. The van der Waals surface area contributed by atoms with Crippen LogP contribution in [0.4, 0.5) is 13.2 Å². The number of hydrogen-bond donors (Lipinski definition) is 0. The molecule has 206 valence electrons. The zero-order valence-electron chi connectivity index (χ0n) is 22.3. The van der Waals surface area contributed by atoms with Crippen LogP contribution in [0.2, 0.25) is 0 Å². The summed E-state index contributed by atoms with van der Waals surface area (Å²) in [6, 6.07) is 9.11. The van der Waals surface area contributed by atoms with Gasteiger partial charge in [0.1, 0.15) is 24.3 Å². The predicted octanol–water partition coefficient (Wildman–Crippen LogP) is 5.62. The third-order valence-electron chi connectivity index (χ3n) is 6.68. The number of aryl methyl sites for hydroxylation is 1. The van der Waals surface area contributed by atoms with Crippen molar-refractivity contribution in [1.29, 1.82) is 5.26 Å². The quantitative estimate of drug-likeness (QED) is 0.278. The molecule has 4 aromatic rings. The van der Waals surface area contributed by atoms with Gasteiger partial charge in [-0.05, 0) is 32.3 Å². The summed E-state index contributed by atoms with van der Waals surface area (Å²) in [5.41, 5.74) is 1.29. The van der Waals surface area contributed by atoms with E-state index in [1.54, 1.807) is 44.3 Å². The lowest BCUT2D eigenvalue weighted by molar-refractivity contribution is -0.140. The molecular formula is C28H26F3N7O2. The molecule has 1 saturated carbocycles. The van der Waals surface area contributed by atoms with Crippen LogP contribution in [0, 0.1) is 11.3 Å². The van der Waals surface area contributed by atoms with Gasteiger partial charge in [0, 0.05) is 30.9 Å². The number of imidazole rings is 1. The van der Waals surface area contributed by atoms with Crippen molar-refractivity contribution < 1.29 is 22.6 Å². The molecule has 0 N–H and O–H groups in total. The van der Waals surface area contributed by atoms with E-state index in [1.807, 2.05) is 0 Å². The third kappa shape index (κ3) is 5.32. The van der Waals surface area contributed by atoms with Gasteiger partial charge in [-0.15, -0.1) is 0 Å². The van der Waals surface area contributed by atoms with E-state index in [-0.39, 0.29) is 24.2 Å². The van der Waals surface area contributed by atoms with Gasteiger partial charge in [-0.25, -0.2) is 19.9 Å². The fourth-order valence-electron chi connectivity index (χ4n) is 4.27. The highest BCUT2D eigenvalue weighted by Crippen LogP contribution is 2.45. The fraction of sp³-hybridized carbons (Fsp3) is 0.357. The molecule has 1 aliphatic rings. The Morgan fingerprint density at radius 1 is 1.05 bits per heavy atom. The van der Waals surface area contributed by atoms with Gasteiger partial charge in [0.15, 0.2) is 11.5 Å². The first-order valence-electron chi connectivity index (χ1n) is 12.5. The summed E-state index contributed by atoms with van der Waals surface area (Å²) < 4.78 is 52.2. The molecule has 0 aliphatic heterocycles. The van der Waals surface area contributed by atoms with Crippen LogP contribution in [0.5, 0.6) is 11.8 Å². The Balaban J connectivity index is 1.45. The van der Waals surface area contributed by atoms with Gasteiger partial charge in [-0.2, -0.15) is 23.4 Å². The van der Waals surface area contributed by atoms with E-state index >= 15 is 0 Å². The molecule has 12 heteroatoms. The Morgan fingerprint density at radius 3 is 2.38 bits per heavy atom. The van der Waals surface area contributed by atoms with Crippen LogP contribution in [0.15, 0.2) is 43.0 Å². The molecule has 1 fully saturated rings. The van der Waals surface area contributed by atoms with Crippen LogP contribution in [-0.4, -0.2) is 36.6 Å². The van der Waals surface area contributed by atoms with Crippen molar-refractivity contribution in [1.82, 2.24) is 29.5 Å². The van der Waals surface area contributed by atoms with Gasteiger partial charge in [0.2, 0.25) is 11.8 Å². The average Bonchev–Trinajstić information content (AvgIpc) is 3.71. The van der Waals surface area contributed by atoms with Crippen molar-refractivity contribution in [3.05, 3.63) is 65.5 Å². The highest BCUT2D eigenvalue weighted by molar-refractivity contribution is 5.66. The van der Waals surface area contributed by atoms with Crippen LogP contribution in [-0.2, 0) is 25.2 Å². The normalized spacial score (nSPS) is 13.7. The maximum atomic E-state index is 13.1. The standard InChI is InChI=1S/C28H26F3N7O2/c1-27(2,14-32)19-11-33-23(21-22(17-9-10-17)34-15-35-26(21)39-4)37-25(19)40-13-16-5-7-18(8-6-16)24-36-20(12-38(24)3)28(29,30)31/h5-8,11-12,15,17H,9-10,13H2,1-4H3. The monoisotopic (exact) mass is 549 g/mol. The lowest BCUT2D eigenvalue weighted by atomic mass is 9.88. The molecule has 5 rings (SSSR count). The first-order valence-corrected chi connectivity index (χ1v) is 12.5. The van der Waals surface area contributed by atoms with Crippen molar-refractivity contribution in [2.75, 3.05) is 7.11 Å². The van der Waals surface area contributed by atoms with Crippen LogP contribution >= 0.6 is 0 Å². The summed E-state index contributed by atoms with van der Waals surface area (Å²) in [5.74, 6) is 1.39. The van der Waals surface area contributed by atoms with Crippen LogP contribution in [0.1, 0.15) is 55.1 Å². The molecule has 1 aliphatic carbocycles. The number of ether oxygens (including phenoxy) is 2. The minimum Gasteiger partial charge on any atom is -0.480 e. The number of alkyl halides is 3. The molecule has 0 spiro atoms. The Hall–Kier alpha value is -4.53. The first-order chi connectivity index (χ1) is 19.0. The van der Waals surface area contributed by atoms with E-state index < -0.39 is 17.3 Å². The number of methoxy groups -OCH3 is 1. The summed E-state index contributed by atoms with van der Waals surface area (Å²) in [4.78, 5) is 21.7. The third-order valence-corrected chi connectivity index (χ3v) is 6.68. The molecule has 0 saturated heterocycles. The minimum atomic E-state index is -4.52. The lowest BCUT2D eigenvalue weighted by Gasteiger charge is -2.20. The smallest absolute Gasteiger partial charge is 0.434 e. The molecule has 0 radical (unpaired) electrons. The number of aromatic nitrogens is 6. The van der Waals surface area contributed by atoms with Gasteiger partial charge in [0.05, 0.1) is 29.9 Å². The largest absolute Gasteiger partial charge is 0.480 e. The SMILES string of the molecule is COc1ncnc(C2CC2)c1-c1ncc(C(C)(C)C#N)c(OCc2ccc(-c3nc(C(F)(F)F)cn3C)cc2)n1. The van der Waals surface area contributed by atoms with Crippen molar-refractivity contribution in [2.45, 2.75) is 50.8 Å². The summed E-state index contributed by atoms with van der Waals surface area (Å²) in [7, 11) is 3.03. The number of nitriles is 1. The van der Waals surface area contributed by atoms with E-state index in [1.165, 1.54) is 25.1 Å². The maximum Gasteiger partial charge on any atom is 0.434 e. The molecule has 1 aromatic carbocycles. The minimum absolute atomic E-state index is 0.0948. The highest BCUT2D eigenvalue weighted by Gasteiger charge is 2.35. The van der Waals surface area contributed by atoms with Gasteiger partial charge in [-0.3, -0.25) is 0 Å². The summed E-state index contributed by atoms with van der Waals surface area (Å²) >= 11 is 0. The number of rotatable bonds is 8. The fourth-order valence-corrected chi connectivity index (χ4v) is 4.27. The Labute approximate surface area is 228 Å².